The molecule has 0 spiro atoms. The Kier molecular flexibility index (Phi) is 16.4. The van der Waals surface area contributed by atoms with Crippen LogP contribution < -0.4 is 15.0 Å². The lowest BCUT2D eigenvalue weighted by Crippen LogP contribution is -2.63. The van der Waals surface area contributed by atoms with Crippen molar-refractivity contribution in [3.8, 4) is 5.75 Å². The Balaban J connectivity index is 1.63. The molecule has 316 valence electrons. The minimum absolute atomic E-state index is 0.0587. The van der Waals surface area contributed by atoms with Crippen LogP contribution in [0.2, 0.25) is 5.02 Å². The van der Waals surface area contributed by atoms with E-state index in [4.69, 9.17) is 35.3 Å². The van der Waals surface area contributed by atoms with Crippen molar-refractivity contribution in [2.45, 2.75) is 115 Å². The van der Waals surface area contributed by atoms with E-state index in [9.17, 15) is 29.1 Å². The molecular formula is C40H56ClN3O11S2. The summed E-state index contributed by atoms with van der Waals surface area (Å²) in [4.78, 5) is 67.9. The first-order chi connectivity index (χ1) is 26.8. The molecule has 4 rings (SSSR count). The lowest BCUT2D eigenvalue weighted by atomic mass is 9.83. The van der Waals surface area contributed by atoms with Gasteiger partial charge in [0.2, 0.25) is 11.8 Å². The minimum atomic E-state index is -1.84. The largest absolute Gasteiger partial charge is 0.495 e. The molecule has 2 saturated heterocycles. The molecule has 8 atom stereocenters. The number of Topliss-reactive ketones (excluding diaryl/α,β-unsaturated/α-hetero) is 1. The maximum atomic E-state index is 14.2. The Labute approximate surface area is 348 Å². The Hall–Kier alpha value is -3.28. The van der Waals surface area contributed by atoms with Gasteiger partial charge in [-0.15, -0.1) is 0 Å². The molecule has 14 nitrogen and oxygen atoms in total. The van der Waals surface area contributed by atoms with Crippen molar-refractivity contribution >= 4 is 68.5 Å². The number of ether oxygens (including phenoxy) is 5. The minimum Gasteiger partial charge on any atom is -0.495 e. The number of nitrogens with zero attached hydrogens (tertiary/aromatic N) is 2. The van der Waals surface area contributed by atoms with Gasteiger partial charge in [0.1, 0.15) is 46.5 Å². The number of aliphatic hydroxyl groups is 1. The van der Waals surface area contributed by atoms with E-state index in [0.29, 0.717) is 30.0 Å². The topological polar surface area (TPSA) is 174 Å². The Bertz CT molecular complexity index is 1730. The van der Waals surface area contributed by atoms with Crippen LogP contribution >= 0.6 is 33.2 Å². The number of methoxy groups -OCH3 is 2. The Morgan fingerprint density at radius 2 is 1.88 bits per heavy atom. The van der Waals surface area contributed by atoms with E-state index < -0.39 is 65.7 Å². The number of ketones is 1. The summed E-state index contributed by atoms with van der Waals surface area (Å²) in [5, 5.41) is 14.5. The van der Waals surface area contributed by atoms with Gasteiger partial charge in [-0.25, -0.2) is 9.59 Å². The van der Waals surface area contributed by atoms with Gasteiger partial charge in [-0.2, -0.15) is 0 Å². The van der Waals surface area contributed by atoms with Gasteiger partial charge in [0.15, 0.2) is 5.72 Å². The summed E-state index contributed by atoms with van der Waals surface area (Å²) in [5.74, 6) is -0.150. The fourth-order valence-corrected chi connectivity index (χ4v) is 9.40. The first kappa shape index (κ1) is 46.4. The number of anilines is 1. The van der Waals surface area contributed by atoms with Crippen molar-refractivity contribution in [3.63, 3.8) is 0 Å². The number of carbonyl (C=O) groups excluding carboxylic acids is 5. The van der Waals surface area contributed by atoms with Gasteiger partial charge < -0.3 is 43.4 Å². The number of alkyl carbamates (subject to hydrolysis) is 1. The average molecular weight is 854 g/mol. The third-order valence-corrected chi connectivity index (χ3v) is 13.6. The molecule has 1 aromatic rings. The molecule has 57 heavy (non-hydrogen) atoms. The molecule has 0 radical (unpaired) electrons. The summed E-state index contributed by atoms with van der Waals surface area (Å²) in [6.45, 7) is 8.55. The van der Waals surface area contributed by atoms with Gasteiger partial charge in [0, 0.05) is 57.9 Å². The van der Waals surface area contributed by atoms with Crippen molar-refractivity contribution in [2.75, 3.05) is 44.7 Å². The predicted octanol–water partition coefficient (Wildman–Crippen LogP) is 5.66. The van der Waals surface area contributed by atoms with Crippen molar-refractivity contribution in [2.24, 2.45) is 5.92 Å². The molecule has 1 aromatic carbocycles. The Morgan fingerprint density at radius 1 is 1.18 bits per heavy atom. The van der Waals surface area contributed by atoms with Gasteiger partial charge >= 0.3 is 12.1 Å². The van der Waals surface area contributed by atoms with Crippen LogP contribution in [0.5, 0.6) is 5.75 Å². The van der Waals surface area contributed by atoms with Crippen LogP contribution in [0, 0.1) is 5.92 Å². The van der Waals surface area contributed by atoms with E-state index in [1.807, 2.05) is 13.0 Å². The van der Waals surface area contributed by atoms with Gasteiger partial charge in [0.05, 0.1) is 25.3 Å². The number of epoxide rings is 1. The summed E-state index contributed by atoms with van der Waals surface area (Å²) >= 11 is 6.77. The maximum Gasteiger partial charge on any atom is 0.409 e. The summed E-state index contributed by atoms with van der Waals surface area (Å²) in [7, 11) is 9.14. The summed E-state index contributed by atoms with van der Waals surface area (Å²) < 4.78 is 29.3. The van der Waals surface area contributed by atoms with Crippen LogP contribution in [0.1, 0.15) is 72.3 Å². The molecule has 2 N–H and O–H groups in total. The number of esters is 1. The lowest BCUT2D eigenvalue weighted by molar-refractivity contribution is -0.162. The molecule has 0 aromatic heterocycles. The highest BCUT2D eigenvalue weighted by Crippen LogP contribution is 2.49. The SMILES string of the molecule is COc1cc2cc(c1Cl)N(C)C(=O)C[C@H](OC(=O)[C@H](C)N(C)C(=O)CCSSCCCC(C)=O)[C@@]1(C)O[C@H]1[C@H](C)[C@@H]1C[C@@](O)(NC(=O)O1)[C@H](OC)/C=C/C=C(\C)C2. The van der Waals surface area contributed by atoms with Gasteiger partial charge in [0.25, 0.3) is 0 Å². The van der Waals surface area contributed by atoms with E-state index in [1.165, 1.54) is 41.9 Å². The fraction of sp³-hybridized carbons (Fsp3) is 0.625. The number of allylic oxidation sites excluding steroid dienone is 3. The van der Waals surface area contributed by atoms with E-state index in [0.717, 1.165) is 23.3 Å². The lowest BCUT2D eigenvalue weighted by Gasteiger charge is -2.42. The molecule has 3 heterocycles. The number of benzene rings is 1. The number of hydrogen-bond acceptors (Lipinski definition) is 13. The van der Waals surface area contributed by atoms with Crippen molar-refractivity contribution in [1.82, 2.24) is 10.2 Å². The van der Waals surface area contributed by atoms with Crippen molar-refractivity contribution < 1.29 is 52.8 Å². The van der Waals surface area contributed by atoms with E-state index in [-0.39, 0.29) is 36.0 Å². The zero-order valence-corrected chi connectivity index (χ0v) is 36.5. The van der Waals surface area contributed by atoms with Gasteiger partial charge in [-0.05, 0) is 58.2 Å². The number of amides is 3. The normalized spacial score (nSPS) is 29.8. The first-order valence-electron chi connectivity index (χ1n) is 18.9. The number of rotatable bonds is 13. The average Bonchev–Trinajstić information content (AvgIpc) is 3.86. The molecule has 3 amide bonds. The highest BCUT2D eigenvalue weighted by Gasteiger charge is 2.64. The van der Waals surface area contributed by atoms with Crippen LogP contribution in [0.4, 0.5) is 10.5 Å². The second-order valence-electron chi connectivity index (χ2n) is 15.1. The van der Waals surface area contributed by atoms with E-state index in [2.05, 4.69) is 5.32 Å². The fourth-order valence-electron chi connectivity index (χ4n) is 7.02. The third kappa shape index (κ3) is 11.7. The zero-order valence-electron chi connectivity index (χ0n) is 34.1. The molecule has 0 aliphatic carbocycles. The van der Waals surface area contributed by atoms with Crippen LogP contribution in [-0.2, 0) is 44.5 Å². The quantitative estimate of drug-likeness (QED) is 0.108. The standard InChI is InChI=1S/C40H56ClN3O11S2/c1-23-12-10-14-31(52-9)40(50)22-30(53-38(49)42-40)25(3)36-39(5,55-36)32(21-34(47)44(7)28-19-27(18-23)20-29(51-8)35(28)41)54-37(48)26(4)43(6)33(46)15-17-57-56-16-11-13-24(2)45/h10,12,14,19-20,25-26,30-32,36,50H,11,13,15-18,21-22H2,1-9H3,(H,42,49)/b14-10+,23-12+/t25-,26+,30+,31-,32+,36+,39-,40+/m1/s1. The summed E-state index contributed by atoms with van der Waals surface area (Å²) in [6, 6.07) is 2.58. The second kappa shape index (κ2) is 20.1. The van der Waals surface area contributed by atoms with Crippen LogP contribution in [0.15, 0.2) is 35.9 Å². The summed E-state index contributed by atoms with van der Waals surface area (Å²) in [6.07, 6.45) is 2.33. The monoisotopic (exact) mass is 853 g/mol. The number of halogens is 1. The smallest absolute Gasteiger partial charge is 0.409 e. The maximum absolute atomic E-state index is 14.2. The molecular weight excluding hydrogens is 798 g/mol. The van der Waals surface area contributed by atoms with Crippen molar-refractivity contribution in [3.05, 3.63) is 46.5 Å². The van der Waals surface area contributed by atoms with Crippen LogP contribution in [0.3, 0.4) is 0 Å². The molecule has 0 saturated carbocycles. The zero-order chi connectivity index (χ0) is 42.2. The molecule has 17 heteroatoms. The highest BCUT2D eigenvalue weighted by atomic mass is 35.5. The van der Waals surface area contributed by atoms with Gasteiger partial charge in [-0.3, -0.25) is 14.9 Å². The van der Waals surface area contributed by atoms with Crippen LogP contribution in [0.25, 0.3) is 0 Å². The number of hydrogen-bond donors (Lipinski definition) is 2. The molecule has 3 aliphatic heterocycles. The second-order valence-corrected chi connectivity index (χ2v) is 18.2. The van der Waals surface area contributed by atoms with E-state index >= 15 is 0 Å². The first-order valence-corrected chi connectivity index (χ1v) is 21.8. The predicted molar refractivity (Wildman–Crippen MR) is 220 cm³/mol. The highest BCUT2D eigenvalue weighted by molar-refractivity contribution is 8.76. The molecule has 3 aliphatic rings. The molecule has 0 unspecified atom stereocenters. The molecule has 4 bridgehead atoms. The molecule has 2 fully saturated rings. The summed E-state index contributed by atoms with van der Waals surface area (Å²) in [5.41, 5.74) is -0.957. The number of nitrogens with one attached hydrogen (secondary N) is 1. The third-order valence-electron chi connectivity index (χ3n) is 10.8. The van der Waals surface area contributed by atoms with Gasteiger partial charge in [-0.1, -0.05) is 63.9 Å². The van der Waals surface area contributed by atoms with Crippen molar-refractivity contribution in [1.29, 1.82) is 0 Å². The van der Waals surface area contributed by atoms with E-state index in [1.54, 1.807) is 69.8 Å². The van der Waals surface area contributed by atoms with Crippen LogP contribution in [-0.4, -0.2) is 121 Å². The number of fused-ring (bicyclic) bond motifs is 5. The number of likely N-dealkylation sites (N-methyl/N-ethyl adjacent to an activating group) is 1. The number of carbonyl (C=O) groups is 5. The Morgan fingerprint density at radius 3 is 2.54 bits per heavy atom.